The third-order valence-electron chi connectivity index (χ3n) is 4.45. The number of hydrogen-bond donors (Lipinski definition) is 0. The predicted octanol–water partition coefficient (Wildman–Crippen LogP) is 4.90. The van der Waals surface area contributed by atoms with Gasteiger partial charge in [-0.1, -0.05) is 42.5 Å². The Morgan fingerprint density at radius 2 is 1.96 bits per heavy atom. The van der Waals surface area contributed by atoms with E-state index < -0.39 is 0 Å². The SMILES string of the molecule is Cc1cccc(OCCCn2cnc3scc(-c4ccccc4)c3c2=O)c1. The van der Waals surface area contributed by atoms with Crippen molar-refractivity contribution in [3.05, 3.63) is 82.2 Å². The molecule has 0 bridgehead atoms. The monoisotopic (exact) mass is 376 g/mol. The second-order valence-electron chi connectivity index (χ2n) is 6.46. The molecule has 0 aliphatic heterocycles. The average molecular weight is 376 g/mol. The number of thiophene rings is 1. The van der Waals surface area contributed by atoms with Gasteiger partial charge in [-0.15, -0.1) is 11.3 Å². The Hall–Kier alpha value is -2.92. The summed E-state index contributed by atoms with van der Waals surface area (Å²) in [6.07, 6.45) is 2.38. The Kier molecular flexibility index (Phi) is 5.03. The molecular weight excluding hydrogens is 356 g/mol. The minimum absolute atomic E-state index is 0.00987. The van der Waals surface area contributed by atoms with Gasteiger partial charge in [-0.25, -0.2) is 4.98 Å². The lowest BCUT2D eigenvalue weighted by molar-refractivity contribution is 0.300. The molecule has 2 aromatic heterocycles. The maximum absolute atomic E-state index is 13.0. The lowest BCUT2D eigenvalue weighted by Crippen LogP contribution is -2.21. The van der Waals surface area contributed by atoms with Crippen molar-refractivity contribution in [2.45, 2.75) is 19.9 Å². The van der Waals surface area contributed by atoms with Gasteiger partial charge in [0.15, 0.2) is 0 Å². The van der Waals surface area contributed by atoms with Crippen LogP contribution in [-0.4, -0.2) is 16.2 Å². The third-order valence-corrected chi connectivity index (χ3v) is 5.33. The number of aryl methyl sites for hydroxylation is 2. The number of hydrogen-bond acceptors (Lipinski definition) is 4. The Bertz CT molecular complexity index is 1120. The van der Waals surface area contributed by atoms with E-state index in [-0.39, 0.29) is 5.56 Å². The van der Waals surface area contributed by atoms with Crippen molar-refractivity contribution < 1.29 is 4.74 Å². The largest absolute Gasteiger partial charge is 0.494 e. The zero-order chi connectivity index (χ0) is 18.6. The summed E-state index contributed by atoms with van der Waals surface area (Å²) in [6.45, 7) is 3.18. The van der Waals surface area contributed by atoms with E-state index in [1.807, 2.05) is 66.9 Å². The molecule has 4 aromatic rings. The number of ether oxygens (including phenoxy) is 1. The normalized spacial score (nSPS) is 11.0. The second kappa shape index (κ2) is 7.76. The summed E-state index contributed by atoms with van der Waals surface area (Å²) in [6, 6.07) is 18.0. The summed E-state index contributed by atoms with van der Waals surface area (Å²) in [4.78, 5) is 18.2. The van der Waals surface area contributed by atoms with Gasteiger partial charge in [0.25, 0.3) is 5.56 Å². The molecule has 5 heteroatoms. The Balaban J connectivity index is 1.51. The number of aromatic nitrogens is 2. The standard InChI is InChI=1S/C22H20N2O2S/c1-16-7-5-10-18(13-16)26-12-6-11-24-15-23-21-20(22(24)25)19(14-27-21)17-8-3-2-4-9-17/h2-5,7-10,13-15H,6,11-12H2,1H3. The van der Waals surface area contributed by atoms with Crippen molar-refractivity contribution in [1.82, 2.24) is 9.55 Å². The van der Waals surface area contributed by atoms with Crippen LogP contribution in [0.15, 0.2) is 71.1 Å². The van der Waals surface area contributed by atoms with Crippen LogP contribution < -0.4 is 10.3 Å². The predicted molar refractivity (Wildman–Crippen MR) is 111 cm³/mol. The van der Waals surface area contributed by atoms with Crippen molar-refractivity contribution in [2.24, 2.45) is 0 Å². The van der Waals surface area contributed by atoms with E-state index in [0.29, 0.717) is 18.5 Å². The summed E-state index contributed by atoms with van der Waals surface area (Å²) in [5.74, 6) is 0.861. The van der Waals surface area contributed by atoms with Gasteiger partial charge in [-0.05, 0) is 36.6 Å². The van der Waals surface area contributed by atoms with Crippen LogP contribution in [0, 0.1) is 6.92 Å². The maximum Gasteiger partial charge on any atom is 0.262 e. The van der Waals surface area contributed by atoms with E-state index in [1.54, 1.807) is 10.9 Å². The highest BCUT2D eigenvalue weighted by molar-refractivity contribution is 7.17. The molecule has 0 N–H and O–H groups in total. The van der Waals surface area contributed by atoms with Crippen molar-refractivity contribution in [2.75, 3.05) is 6.61 Å². The van der Waals surface area contributed by atoms with Crippen LogP contribution in [-0.2, 0) is 6.54 Å². The second-order valence-corrected chi connectivity index (χ2v) is 7.32. The third kappa shape index (κ3) is 3.78. The molecule has 2 aromatic carbocycles. The molecule has 0 saturated heterocycles. The highest BCUT2D eigenvalue weighted by Gasteiger charge is 2.13. The van der Waals surface area contributed by atoms with Gasteiger partial charge < -0.3 is 4.74 Å². The van der Waals surface area contributed by atoms with E-state index in [4.69, 9.17) is 4.74 Å². The fourth-order valence-electron chi connectivity index (χ4n) is 3.09. The summed E-state index contributed by atoms with van der Waals surface area (Å²) in [5, 5.41) is 2.72. The molecule has 0 unspecified atom stereocenters. The van der Waals surface area contributed by atoms with E-state index in [2.05, 4.69) is 4.98 Å². The molecule has 4 rings (SSSR count). The first-order valence-electron chi connectivity index (χ1n) is 8.94. The fraction of sp³-hybridized carbons (Fsp3) is 0.182. The molecule has 0 amide bonds. The van der Waals surface area contributed by atoms with Gasteiger partial charge in [-0.2, -0.15) is 0 Å². The minimum atomic E-state index is 0.00987. The Morgan fingerprint density at radius 1 is 1.11 bits per heavy atom. The van der Waals surface area contributed by atoms with Gasteiger partial charge in [0.1, 0.15) is 10.6 Å². The molecule has 0 radical (unpaired) electrons. The first kappa shape index (κ1) is 17.5. The van der Waals surface area contributed by atoms with Crippen molar-refractivity contribution in [1.29, 1.82) is 0 Å². The molecule has 0 fully saturated rings. The van der Waals surface area contributed by atoms with Crippen molar-refractivity contribution in [3.63, 3.8) is 0 Å². The number of benzene rings is 2. The molecule has 136 valence electrons. The van der Waals surface area contributed by atoms with Crippen LogP contribution in [0.3, 0.4) is 0 Å². The molecule has 0 spiro atoms. The van der Waals surface area contributed by atoms with Gasteiger partial charge in [0.2, 0.25) is 0 Å². The molecular formula is C22H20N2O2S. The van der Waals surface area contributed by atoms with Gasteiger partial charge in [0, 0.05) is 17.5 Å². The van der Waals surface area contributed by atoms with Crippen LogP contribution in [0.5, 0.6) is 5.75 Å². The van der Waals surface area contributed by atoms with E-state index in [1.165, 1.54) is 16.9 Å². The maximum atomic E-state index is 13.0. The molecule has 2 heterocycles. The van der Waals surface area contributed by atoms with Crippen LogP contribution in [0.1, 0.15) is 12.0 Å². The molecule has 0 aliphatic carbocycles. The first-order valence-corrected chi connectivity index (χ1v) is 9.82. The zero-order valence-corrected chi connectivity index (χ0v) is 15.9. The first-order chi connectivity index (χ1) is 13.2. The lowest BCUT2D eigenvalue weighted by atomic mass is 10.1. The summed E-state index contributed by atoms with van der Waals surface area (Å²) in [7, 11) is 0. The van der Waals surface area contributed by atoms with Gasteiger partial charge in [-0.3, -0.25) is 9.36 Å². The highest BCUT2D eigenvalue weighted by atomic mass is 32.1. The van der Waals surface area contributed by atoms with Gasteiger partial charge >= 0.3 is 0 Å². The van der Waals surface area contributed by atoms with Gasteiger partial charge in [0.05, 0.1) is 18.3 Å². The van der Waals surface area contributed by atoms with Crippen molar-refractivity contribution >= 4 is 21.6 Å². The fourth-order valence-corrected chi connectivity index (χ4v) is 3.99. The average Bonchev–Trinajstić information content (AvgIpc) is 3.12. The number of fused-ring (bicyclic) bond motifs is 1. The van der Waals surface area contributed by atoms with Crippen molar-refractivity contribution in [3.8, 4) is 16.9 Å². The molecule has 0 atom stereocenters. The summed E-state index contributed by atoms with van der Waals surface area (Å²) < 4.78 is 7.46. The Morgan fingerprint density at radius 3 is 2.78 bits per heavy atom. The summed E-state index contributed by atoms with van der Waals surface area (Å²) >= 11 is 1.51. The Labute approximate surface area is 161 Å². The summed E-state index contributed by atoms with van der Waals surface area (Å²) in [5.41, 5.74) is 3.18. The van der Waals surface area contributed by atoms with Crippen LogP contribution in [0.4, 0.5) is 0 Å². The van der Waals surface area contributed by atoms with Crippen LogP contribution >= 0.6 is 11.3 Å². The molecule has 0 saturated carbocycles. The van der Waals surface area contributed by atoms with Crippen LogP contribution in [0.25, 0.3) is 21.3 Å². The van der Waals surface area contributed by atoms with Crippen LogP contribution in [0.2, 0.25) is 0 Å². The molecule has 0 aliphatic rings. The number of rotatable bonds is 6. The quantitative estimate of drug-likeness (QED) is 0.450. The topological polar surface area (TPSA) is 44.1 Å². The number of nitrogens with zero attached hydrogens (tertiary/aromatic N) is 2. The van der Waals surface area contributed by atoms with E-state index >= 15 is 0 Å². The smallest absolute Gasteiger partial charge is 0.262 e. The lowest BCUT2D eigenvalue weighted by Gasteiger charge is -2.08. The molecule has 4 nitrogen and oxygen atoms in total. The van der Waals surface area contributed by atoms with E-state index in [0.717, 1.165) is 28.1 Å². The molecule has 27 heavy (non-hydrogen) atoms. The highest BCUT2D eigenvalue weighted by Crippen LogP contribution is 2.30. The van der Waals surface area contributed by atoms with E-state index in [9.17, 15) is 4.79 Å². The zero-order valence-electron chi connectivity index (χ0n) is 15.1. The minimum Gasteiger partial charge on any atom is -0.494 e.